The molecule has 0 saturated carbocycles. The minimum Gasteiger partial charge on any atom is -0.494 e. The highest BCUT2D eigenvalue weighted by Gasteiger charge is 2.31. The van der Waals surface area contributed by atoms with Crippen molar-refractivity contribution in [1.82, 2.24) is 5.32 Å². The van der Waals surface area contributed by atoms with Gasteiger partial charge in [0.1, 0.15) is 38.5 Å². The molecule has 2 aromatic carbocycles. The van der Waals surface area contributed by atoms with Crippen molar-refractivity contribution in [2.45, 2.75) is 32.5 Å². The zero-order chi connectivity index (χ0) is 21.7. The van der Waals surface area contributed by atoms with Crippen LogP contribution in [0.3, 0.4) is 0 Å². The smallest absolute Gasteiger partial charge is 0.278 e. The number of methoxy groups -OCH3 is 1. The van der Waals surface area contributed by atoms with E-state index in [9.17, 15) is 13.6 Å². The number of halogens is 2. The molecule has 1 amide bonds. The van der Waals surface area contributed by atoms with Gasteiger partial charge in [0.2, 0.25) is 0 Å². The van der Waals surface area contributed by atoms with Gasteiger partial charge in [0.25, 0.3) is 5.91 Å². The van der Waals surface area contributed by atoms with Gasteiger partial charge in [-0.1, -0.05) is 12.1 Å². The van der Waals surface area contributed by atoms with Gasteiger partial charge in [-0.15, -0.1) is 0 Å². The highest BCUT2D eigenvalue weighted by Crippen LogP contribution is 2.17. The third kappa shape index (κ3) is 5.55. The number of benzene rings is 2. The predicted molar refractivity (Wildman–Crippen MR) is 110 cm³/mol. The molecular formula is C23H31F2N3O2+2. The molecule has 0 aromatic heterocycles. The van der Waals surface area contributed by atoms with Crippen LogP contribution in [0.1, 0.15) is 31.0 Å². The second-order valence-electron chi connectivity index (χ2n) is 8.06. The molecule has 0 spiro atoms. The third-order valence-corrected chi connectivity index (χ3v) is 6.00. The van der Waals surface area contributed by atoms with E-state index in [-0.39, 0.29) is 35.4 Å². The quantitative estimate of drug-likeness (QED) is 0.613. The van der Waals surface area contributed by atoms with Crippen LogP contribution in [0.25, 0.3) is 0 Å². The van der Waals surface area contributed by atoms with Gasteiger partial charge in [0.15, 0.2) is 17.6 Å². The van der Waals surface area contributed by atoms with E-state index in [4.69, 9.17) is 4.74 Å². The molecule has 7 heteroatoms. The molecular weight excluding hydrogens is 388 g/mol. The summed E-state index contributed by atoms with van der Waals surface area (Å²) in [5.41, 5.74) is 1.83. The van der Waals surface area contributed by atoms with E-state index >= 15 is 0 Å². The number of rotatable bonds is 7. The van der Waals surface area contributed by atoms with E-state index in [0.717, 1.165) is 43.9 Å². The van der Waals surface area contributed by atoms with E-state index in [1.807, 2.05) is 19.9 Å². The number of carbonyl (C=O) groups excluding carboxylic acids is 1. The number of carbonyl (C=O) groups is 1. The molecule has 30 heavy (non-hydrogen) atoms. The summed E-state index contributed by atoms with van der Waals surface area (Å²) in [6.07, 6.45) is 0. The topological polar surface area (TPSA) is 47.2 Å². The minimum atomic E-state index is -0.334. The molecule has 1 fully saturated rings. The molecule has 3 rings (SSSR count). The van der Waals surface area contributed by atoms with Gasteiger partial charge in [0.05, 0.1) is 13.2 Å². The van der Waals surface area contributed by atoms with E-state index in [0.29, 0.717) is 0 Å². The van der Waals surface area contributed by atoms with Gasteiger partial charge < -0.3 is 19.9 Å². The summed E-state index contributed by atoms with van der Waals surface area (Å²) in [5.74, 6) is -0.354. The lowest BCUT2D eigenvalue weighted by Gasteiger charge is -2.33. The van der Waals surface area contributed by atoms with Gasteiger partial charge in [-0.05, 0) is 49.7 Å². The Hall–Kier alpha value is -2.51. The summed E-state index contributed by atoms with van der Waals surface area (Å²) < 4.78 is 32.0. The Morgan fingerprint density at radius 1 is 1.07 bits per heavy atom. The molecule has 5 nitrogen and oxygen atoms in total. The van der Waals surface area contributed by atoms with Crippen molar-refractivity contribution in [3.8, 4) is 5.75 Å². The Labute approximate surface area is 176 Å². The molecule has 162 valence electrons. The summed E-state index contributed by atoms with van der Waals surface area (Å²) in [7, 11) is 1.46. The largest absolute Gasteiger partial charge is 0.494 e. The molecule has 2 atom stereocenters. The summed E-state index contributed by atoms with van der Waals surface area (Å²) in [4.78, 5) is 15.3. The molecule has 0 unspecified atom stereocenters. The fraction of sp³-hybridized carbons (Fsp3) is 0.435. The first-order valence-corrected chi connectivity index (χ1v) is 10.4. The zero-order valence-corrected chi connectivity index (χ0v) is 17.8. The maximum atomic E-state index is 13.9. The van der Waals surface area contributed by atoms with Crippen LogP contribution in [0.15, 0.2) is 42.5 Å². The molecule has 1 aliphatic rings. The Bertz CT molecular complexity index is 852. The number of hydrogen-bond donors (Lipinski definition) is 3. The lowest BCUT2D eigenvalue weighted by atomic mass is 10.1. The Morgan fingerprint density at radius 2 is 1.73 bits per heavy atom. The van der Waals surface area contributed by atoms with E-state index < -0.39 is 0 Å². The van der Waals surface area contributed by atoms with Crippen molar-refractivity contribution in [3.05, 3.63) is 65.2 Å². The standard InChI is InChI=1S/C23H29F2N3O2/c1-16(19-5-7-20(24)8-6-19)26-23(29)17(2)28-12-10-27(11-13-28)15-18-4-9-22(30-3)21(25)14-18/h4-9,14,16-17H,10-13,15H2,1-3H3,(H,26,29)/p+2/t16-,17+/m1/s1. The summed E-state index contributed by atoms with van der Waals surface area (Å²) in [5, 5.41) is 3.04. The van der Waals surface area contributed by atoms with Gasteiger partial charge in [-0.25, -0.2) is 8.78 Å². The normalized spacial score (nSPS) is 21.0. The maximum Gasteiger partial charge on any atom is 0.278 e. The molecule has 0 bridgehead atoms. The van der Waals surface area contributed by atoms with E-state index in [1.165, 1.54) is 35.1 Å². The molecule has 0 radical (unpaired) electrons. The van der Waals surface area contributed by atoms with Gasteiger partial charge in [0, 0.05) is 5.56 Å². The van der Waals surface area contributed by atoms with Crippen LogP contribution in [0.4, 0.5) is 8.78 Å². The van der Waals surface area contributed by atoms with Crippen molar-refractivity contribution < 1.29 is 28.1 Å². The van der Waals surface area contributed by atoms with E-state index in [2.05, 4.69) is 5.32 Å². The van der Waals surface area contributed by atoms with Crippen molar-refractivity contribution in [1.29, 1.82) is 0 Å². The fourth-order valence-corrected chi connectivity index (χ4v) is 4.00. The van der Waals surface area contributed by atoms with E-state index in [1.54, 1.807) is 18.2 Å². The summed E-state index contributed by atoms with van der Waals surface area (Å²) in [6, 6.07) is 11.0. The minimum absolute atomic E-state index is 0.00232. The second kappa shape index (κ2) is 10.00. The summed E-state index contributed by atoms with van der Waals surface area (Å²) >= 11 is 0. The highest BCUT2D eigenvalue weighted by molar-refractivity contribution is 5.80. The average molecular weight is 420 g/mol. The number of quaternary nitrogens is 2. The van der Waals surface area contributed by atoms with Crippen LogP contribution >= 0.6 is 0 Å². The van der Waals surface area contributed by atoms with Crippen molar-refractivity contribution in [2.24, 2.45) is 0 Å². The van der Waals surface area contributed by atoms with Gasteiger partial charge in [-0.2, -0.15) is 0 Å². The monoisotopic (exact) mass is 419 g/mol. The summed E-state index contributed by atoms with van der Waals surface area (Å²) in [6.45, 7) is 8.23. The molecule has 3 N–H and O–H groups in total. The number of piperazine rings is 1. The fourth-order valence-electron chi connectivity index (χ4n) is 4.00. The van der Waals surface area contributed by atoms with Crippen LogP contribution in [0.5, 0.6) is 5.75 Å². The Balaban J connectivity index is 1.48. The lowest BCUT2D eigenvalue weighted by molar-refractivity contribution is -1.02. The first-order valence-electron chi connectivity index (χ1n) is 10.4. The highest BCUT2D eigenvalue weighted by atomic mass is 19.1. The molecule has 2 aromatic rings. The number of amides is 1. The third-order valence-electron chi connectivity index (χ3n) is 6.00. The first kappa shape index (κ1) is 22.2. The van der Waals surface area contributed by atoms with Gasteiger partial charge in [-0.3, -0.25) is 4.79 Å². The number of nitrogens with one attached hydrogen (secondary N) is 3. The van der Waals surface area contributed by atoms with Crippen LogP contribution in [-0.4, -0.2) is 45.2 Å². The SMILES string of the molecule is COc1ccc(C[NH+]2CC[NH+]([C@@H](C)C(=O)N[C@H](C)c3ccc(F)cc3)CC2)cc1F. The van der Waals surface area contributed by atoms with Crippen molar-refractivity contribution in [2.75, 3.05) is 33.3 Å². The van der Waals surface area contributed by atoms with Crippen molar-refractivity contribution in [3.63, 3.8) is 0 Å². The van der Waals surface area contributed by atoms with Crippen LogP contribution < -0.4 is 19.9 Å². The average Bonchev–Trinajstić information content (AvgIpc) is 2.74. The molecule has 1 aliphatic heterocycles. The van der Waals surface area contributed by atoms with Crippen molar-refractivity contribution >= 4 is 5.91 Å². The predicted octanol–water partition coefficient (Wildman–Crippen LogP) is 0.523. The van der Waals surface area contributed by atoms with Crippen LogP contribution in [0.2, 0.25) is 0 Å². The number of ether oxygens (including phenoxy) is 1. The number of hydrogen-bond acceptors (Lipinski definition) is 2. The van der Waals surface area contributed by atoms with Crippen LogP contribution in [0, 0.1) is 11.6 Å². The Morgan fingerprint density at radius 3 is 2.33 bits per heavy atom. The van der Waals surface area contributed by atoms with Gasteiger partial charge >= 0.3 is 0 Å². The maximum absolute atomic E-state index is 13.9. The molecule has 1 heterocycles. The Kier molecular flexibility index (Phi) is 7.39. The first-order chi connectivity index (χ1) is 14.4. The second-order valence-corrected chi connectivity index (χ2v) is 8.06. The lowest BCUT2D eigenvalue weighted by Crippen LogP contribution is -3.29. The molecule has 0 aliphatic carbocycles. The molecule has 1 saturated heterocycles. The zero-order valence-electron chi connectivity index (χ0n) is 17.8. The van der Waals surface area contributed by atoms with Crippen LogP contribution in [-0.2, 0) is 11.3 Å².